The van der Waals surface area contributed by atoms with Crippen molar-refractivity contribution in [1.82, 2.24) is 19.9 Å². The molecule has 1 aliphatic heterocycles. The van der Waals surface area contributed by atoms with Gasteiger partial charge in [-0.3, -0.25) is 9.78 Å². The first-order valence-corrected chi connectivity index (χ1v) is 6.90. The number of halogens is 3. The van der Waals surface area contributed by atoms with Crippen LogP contribution in [0.25, 0.3) is 0 Å². The molecule has 0 bridgehead atoms. The van der Waals surface area contributed by atoms with E-state index in [0.29, 0.717) is 32.1 Å². The van der Waals surface area contributed by atoms with Crippen molar-refractivity contribution in [3.05, 3.63) is 40.3 Å². The van der Waals surface area contributed by atoms with E-state index in [2.05, 4.69) is 19.9 Å². The van der Waals surface area contributed by atoms with Crippen molar-refractivity contribution in [1.29, 1.82) is 0 Å². The first kappa shape index (κ1) is 15.3. The average molecular weight is 326 g/mol. The van der Waals surface area contributed by atoms with E-state index in [1.54, 1.807) is 4.90 Å². The van der Waals surface area contributed by atoms with Crippen LogP contribution in [-0.2, 0) is 0 Å². The van der Waals surface area contributed by atoms with Gasteiger partial charge >= 0.3 is 0 Å². The highest BCUT2D eigenvalue weighted by molar-refractivity contribution is 5.37. The monoisotopic (exact) mass is 326 g/mol. The number of alkyl halides is 2. The molecule has 1 N–H and O–H groups in total. The Morgan fingerprint density at radius 1 is 1.09 bits per heavy atom. The van der Waals surface area contributed by atoms with Gasteiger partial charge in [-0.15, -0.1) is 0 Å². The van der Waals surface area contributed by atoms with Crippen LogP contribution in [-0.4, -0.2) is 46.1 Å². The maximum atomic E-state index is 12.8. The van der Waals surface area contributed by atoms with Gasteiger partial charge in [-0.05, 0) is 0 Å². The SMILES string of the molecule is O=c1cc(C(F)F)nc(N2CCN(c3ncc(F)cn3)CC2)[nH]1. The van der Waals surface area contributed by atoms with Gasteiger partial charge in [0.25, 0.3) is 12.0 Å². The molecule has 2 aromatic heterocycles. The van der Waals surface area contributed by atoms with E-state index in [9.17, 15) is 18.0 Å². The molecule has 3 heterocycles. The first-order chi connectivity index (χ1) is 11.0. The molecule has 0 atom stereocenters. The highest BCUT2D eigenvalue weighted by Crippen LogP contribution is 2.18. The Balaban J connectivity index is 1.71. The Morgan fingerprint density at radius 3 is 2.30 bits per heavy atom. The quantitative estimate of drug-likeness (QED) is 0.905. The van der Waals surface area contributed by atoms with E-state index in [-0.39, 0.29) is 5.95 Å². The lowest BCUT2D eigenvalue weighted by Gasteiger charge is -2.34. The molecule has 1 fully saturated rings. The minimum Gasteiger partial charge on any atom is -0.339 e. The van der Waals surface area contributed by atoms with E-state index >= 15 is 0 Å². The van der Waals surface area contributed by atoms with Crippen molar-refractivity contribution in [2.75, 3.05) is 36.0 Å². The van der Waals surface area contributed by atoms with Crippen LogP contribution >= 0.6 is 0 Å². The van der Waals surface area contributed by atoms with Crippen molar-refractivity contribution in [2.45, 2.75) is 6.43 Å². The highest BCUT2D eigenvalue weighted by Gasteiger charge is 2.22. The van der Waals surface area contributed by atoms with Crippen LogP contribution in [0.1, 0.15) is 12.1 Å². The Kier molecular flexibility index (Phi) is 4.13. The third-order valence-electron chi connectivity index (χ3n) is 3.44. The minimum atomic E-state index is -2.80. The highest BCUT2D eigenvalue weighted by atomic mass is 19.3. The molecular weight excluding hydrogens is 313 g/mol. The molecule has 0 aromatic carbocycles. The van der Waals surface area contributed by atoms with Crippen LogP contribution in [0.2, 0.25) is 0 Å². The first-order valence-electron chi connectivity index (χ1n) is 6.90. The van der Waals surface area contributed by atoms with Crippen LogP contribution in [0, 0.1) is 5.82 Å². The number of hydrogen-bond acceptors (Lipinski definition) is 6. The molecule has 122 valence electrons. The van der Waals surface area contributed by atoms with Gasteiger partial charge in [0, 0.05) is 32.2 Å². The molecule has 0 amide bonds. The number of hydrogen-bond donors (Lipinski definition) is 1. The molecule has 2 aromatic rings. The Hall–Kier alpha value is -2.65. The summed E-state index contributed by atoms with van der Waals surface area (Å²) >= 11 is 0. The fraction of sp³-hybridized carbons (Fsp3) is 0.385. The smallest absolute Gasteiger partial charge is 0.280 e. The van der Waals surface area contributed by atoms with Gasteiger partial charge in [0.05, 0.1) is 12.4 Å². The van der Waals surface area contributed by atoms with Crippen molar-refractivity contribution >= 4 is 11.9 Å². The number of anilines is 2. The van der Waals surface area contributed by atoms with Gasteiger partial charge in [-0.1, -0.05) is 0 Å². The minimum absolute atomic E-state index is 0.118. The lowest BCUT2D eigenvalue weighted by Crippen LogP contribution is -2.48. The number of H-pyrrole nitrogens is 1. The number of nitrogens with zero attached hydrogens (tertiary/aromatic N) is 5. The molecule has 1 saturated heterocycles. The molecule has 0 saturated carbocycles. The number of aromatic nitrogens is 4. The van der Waals surface area contributed by atoms with Gasteiger partial charge in [0.15, 0.2) is 5.82 Å². The van der Waals surface area contributed by atoms with Crippen LogP contribution in [0.3, 0.4) is 0 Å². The molecule has 10 heteroatoms. The van der Waals surface area contributed by atoms with E-state index in [0.717, 1.165) is 18.5 Å². The molecule has 0 aliphatic carbocycles. The van der Waals surface area contributed by atoms with Crippen molar-refractivity contribution in [2.24, 2.45) is 0 Å². The Labute approximate surface area is 128 Å². The maximum absolute atomic E-state index is 12.8. The van der Waals surface area contributed by atoms with Crippen LogP contribution in [0.5, 0.6) is 0 Å². The summed E-state index contributed by atoms with van der Waals surface area (Å²) in [5.74, 6) is -0.000663. The molecule has 0 unspecified atom stereocenters. The predicted octanol–water partition coefficient (Wildman–Crippen LogP) is 0.963. The number of aromatic amines is 1. The van der Waals surface area contributed by atoms with Crippen molar-refractivity contribution in [3.63, 3.8) is 0 Å². The summed E-state index contributed by atoms with van der Waals surface area (Å²) in [6, 6.07) is 0.788. The second-order valence-corrected chi connectivity index (χ2v) is 4.97. The fourth-order valence-electron chi connectivity index (χ4n) is 2.31. The lowest BCUT2D eigenvalue weighted by atomic mass is 10.3. The van der Waals surface area contributed by atoms with Gasteiger partial charge < -0.3 is 9.80 Å². The zero-order chi connectivity index (χ0) is 16.4. The molecule has 0 radical (unpaired) electrons. The molecular formula is C13H13F3N6O. The number of piperazine rings is 1. The van der Waals surface area contributed by atoms with Gasteiger partial charge in [0.1, 0.15) is 5.69 Å². The third-order valence-corrected chi connectivity index (χ3v) is 3.44. The van der Waals surface area contributed by atoms with Crippen molar-refractivity contribution < 1.29 is 13.2 Å². The van der Waals surface area contributed by atoms with E-state index < -0.39 is 23.5 Å². The standard InChI is InChI=1S/C13H13F3N6O/c14-8-6-17-12(18-7-8)21-1-3-22(4-2-21)13-19-9(11(15)16)5-10(23)20-13/h5-7,11H,1-4H2,(H,19,20,23). The van der Waals surface area contributed by atoms with E-state index in [4.69, 9.17) is 0 Å². The average Bonchev–Trinajstić information content (AvgIpc) is 2.55. The molecule has 1 aliphatic rings. The Bertz CT molecular complexity index is 727. The van der Waals surface area contributed by atoms with Gasteiger partial charge in [-0.2, -0.15) is 0 Å². The van der Waals surface area contributed by atoms with E-state index in [1.165, 1.54) is 0 Å². The number of rotatable bonds is 3. The second kappa shape index (κ2) is 6.23. The van der Waals surface area contributed by atoms with Gasteiger partial charge in [-0.25, -0.2) is 28.1 Å². The normalized spacial score (nSPS) is 15.3. The summed E-state index contributed by atoms with van der Waals surface area (Å²) < 4.78 is 38.3. The summed E-state index contributed by atoms with van der Waals surface area (Å²) in [6.07, 6.45) is -0.635. The second-order valence-electron chi connectivity index (χ2n) is 4.97. The zero-order valence-electron chi connectivity index (χ0n) is 11.9. The summed E-state index contributed by atoms with van der Waals surface area (Å²) in [5.41, 5.74) is -1.16. The summed E-state index contributed by atoms with van der Waals surface area (Å²) in [5, 5.41) is 0. The third kappa shape index (κ3) is 3.41. The van der Waals surface area contributed by atoms with Gasteiger partial charge in [0.2, 0.25) is 11.9 Å². The zero-order valence-corrected chi connectivity index (χ0v) is 11.9. The Morgan fingerprint density at radius 2 is 1.70 bits per heavy atom. The van der Waals surface area contributed by atoms with E-state index in [1.807, 2.05) is 4.90 Å². The summed E-state index contributed by atoms with van der Waals surface area (Å²) in [4.78, 5) is 29.0. The fourth-order valence-corrected chi connectivity index (χ4v) is 2.31. The molecule has 3 rings (SSSR count). The lowest BCUT2D eigenvalue weighted by molar-refractivity contribution is 0.146. The van der Waals surface area contributed by atoms with Crippen LogP contribution in [0.4, 0.5) is 25.1 Å². The molecule has 0 spiro atoms. The summed E-state index contributed by atoms with van der Waals surface area (Å²) in [6.45, 7) is 1.87. The number of nitrogens with one attached hydrogen (secondary N) is 1. The van der Waals surface area contributed by atoms with Crippen molar-refractivity contribution in [3.8, 4) is 0 Å². The maximum Gasteiger partial charge on any atom is 0.280 e. The van der Waals surface area contributed by atoms with Crippen LogP contribution in [0.15, 0.2) is 23.3 Å². The predicted molar refractivity (Wildman–Crippen MR) is 76.2 cm³/mol. The molecule has 23 heavy (non-hydrogen) atoms. The largest absolute Gasteiger partial charge is 0.339 e. The van der Waals surface area contributed by atoms with Crippen LogP contribution < -0.4 is 15.4 Å². The molecule has 7 nitrogen and oxygen atoms in total. The summed E-state index contributed by atoms with van der Waals surface area (Å²) in [7, 11) is 0. The topological polar surface area (TPSA) is 78.0 Å².